The van der Waals surface area contributed by atoms with E-state index in [9.17, 15) is 0 Å². The molecule has 0 radical (unpaired) electrons. The second kappa shape index (κ2) is 6.80. The van der Waals surface area contributed by atoms with E-state index in [1.54, 1.807) is 7.11 Å². The summed E-state index contributed by atoms with van der Waals surface area (Å²) in [5.74, 6) is 1.08. The van der Waals surface area contributed by atoms with E-state index in [0.717, 1.165) is 19.6 Å². The zero-order valence-corrected chi connectivity index (χ0v) is 12.1. The van der Waals surface area contributed by atoms with Crippen molar-refractivity contribution < 1.29 is 14.0 Å². The Bertz CT molecular complexity index is 558. The van der Waals surface area contributed by atoms with Crippen molar-refractivity contribution in [3.05, 3.63) is 47.6 Å². The highest BCUT2D eigenvalue weighted by molar-refractivity contribution is 5.14. The van der Waals surface area contributed by atoms with Crippen LogP contribution in [0.25, 0.3) is 0 Å². The second-order valence-electron chi connectivity index (χ2n) is 5.06. The van der Waals surface area contributed by atoms with Crippen LogP contribution >= 0.6 is 0 Å². The first-order valence-corrected chi connectivity index (χ1v) is 7.04. The summed E-state index contributed by atoms with van der Waals surface area (Å²) in [6.07, 6.45) is -0.166. The Morgan fingerprint density at radius 1 is 1.33 bits per heavy atom. The molecule has 1 atom stereocenters. The van der Waals surface area contributed by atoms with Crippen LogP contribution in [-0.4, -0.2) is 41.8 Å². The van der Waals surface area contributed by atoms with Crippen LogP contribution < -0.4 is 0 Å². The highest BCUT2D eigenvalue weighted by Crippen LogP contribution is 2.22. The minimum atomic E-state index is -0.166. The molecule has 0 unspecified atom stereocenters. The maximum Gasteiger partial charge on any atom is 0.257 e. The van der Waals surface area contributed by atoms with E-state index in [0.29, 0.717) is 24.9 Å². The third kappa shape index (κ3) is 3.66. The minimum Gasteiger partial charge on any atom is -0.377 e. The summed E-state index contributed by atoms with van der Waals surface area (Å²) in [6.45, 7) is 3.58. The van der Waals surface area contributed by atoms with Crippen LogP contribution in [0.15, 0.2) is 34.9 Å². The van der Waals surface area contributed by atoms with Gasteiger partial charge >= 0.3 is 0 Å². The lowest BCUT2D eigenvalue weighted by molar-refractivity contribution is -0.0475. The Hall–Kier alpha value is -1.76. The Morgan fingerprint density at radius 2 is 2.19 bits per heavy atom. The van der Waals surface area contributed by atoms with Crippen LogP contribution in [0, 0.1) is 0 Å². The third-order valence-electron chi connectivity index (χ3n) is 3.43. The number of morpholine rings is 1. The van der Waals surface area contributed by atoms with Crippen molar-refractivity contribution in [1.82, 2.24) is 15.0 Å². The molecule has 1 saturated heterocycles. The summed E-state index contributed by atoms with van der Waals surface area (Å²) in [6, 6.07) is 10.4. The molecule has 1 fully saturated rings. The molecule has 112 valence electrons. The summed E-state index contributed by atoms with van der Waals surface area (Å²) < 4.78 is 16.0. The van der Waals surface area contributed by atoms with Gasteiger partial charge < -0.3 is 14.0 Å². The molecule has 0 aliphatic carbocycles. The molecule has 0 saturated carbocycles. The Morgan fingerprint density at radius 3 is 3.00 bits per heavy atom. The van der Waals surface area contributed by atoms with E-state index in [4.69, 9.17) is 14.0 Å². The Labute approximate surface area is 123 Å². The average Bonchev–Trinajstić information content (AvgIpc) is 2.98. The number of hydrogen-bond donors (Lipinski definition) is 0. The van der Waals surface area contributed by atoms with E-state index in [1.165, 1.54) is 5.56 Å². The highest BCUT2D eigenvalue weighted by atomic mass is 16.5. The lowest BCUT2D eigenvalue weighted by atomic mass is 10.2. The van der Waals surface area contributed by atoms with Crippen LogP contribution in [0.2, 0.25) is 0 Å². The zero-order chi connectivity index (χ0) is 14.5. The van der Waals surface area contributed by atoms with Crippen molar-refractivity contribution in [1.29, 1.82) is 0 Å². The van der Waals surface area contributed by atoms with Gasteiger partial charge in [-0.05, 0) is 5.56 Å². The fraction of sp³-hybridized carbons (Fsp3) is 0.467. The van der Waals surface area contributed by atoms with Crippen LogP contribution in [0.5, 0.6) is 0 Å². The van der Waals surface area contributed by atoms with Gasteiger partial charge in [-0.2, -0.15) is 4.98 Å². The number of nitrogens with zero attached hydrogens (tertiary/aromatic N) is 3. The second-order valence-corrected chi connectivity index (χ2v) is 5.06. The van der Waals surface area contributed by atoms with Gasteiger partial charge in [-0.3, -0.25) is 4.90 Å². The summed E-state index contributed by atoms with van der Waals surface area (Å²) >= 11 is 0. The average molecular weight is 289 g/mol. The fourth-order valence-electron chi connectivity index (χ4n) is 2.42. The van der Waals surface area contributed by atoms with Crippen molar-refractivity contribution in [2.75, 3.05) is 26.8 Å². The molecule has 1 aromatic heterocycles. The molecule has 21 heavy (non-hydrogen) atoms. The molecule has 0 spiro atoms. The van der Waals surface area contributed by atoms with Gasteiger partial charge in [-0.15, -0.1) is 0 Å². The summed E-state index contributed by atoms with van der Waals surface area (Å²) in [7, 11) is 1.61. The van der Waals surface area contributed by atoms with E-state index < -0.39 is 0 Å². The van der Waals surface area contributed by atoms with Crippen LogP contribution in [0.1, 0.15) is 23.4 Å². The zero-order valence-electron chi connectivity index (χ0n) is 12.1. The maximum atomic E-state index is 5.74. The van der Waals surface area contributed by atoms with Crippen LogP contribution in [-0.2, 0) is 22.6 Å². The van der Waals surface area contributed by atoms with Gasteiger partial charge in [-0.25, -0.2) is 0 Å². The van der Waals surface area contributed by atoms with Crippen molar-refractivity contribution in [3.8, 4) is 0 Å². The van der Waals surface area contributed by atoms with E-state index in [1.807, 2.05) is 6.07 Å². The first-order valence-electron chi connectivity index (χ1n) is 7.04. The topological polar surface area (TPSA) is 60.6 Å². The largest absolute Gasteiger partial charge is 0.377 e. The van der Waals surface area contributed by atoms with E-state index in [2.05, 4.69) is 39.3 Å². The maximum absolute atomic E-state index is 5.74. The number of hydrogen-bond acceptors (Lipinski definition) is 6. The van der Waals surface area contributed by atoms with Crippen molar-refractivity contribution in [2.24, 2.45) is 0 Å². The molecule has 1 aromatic carbocycles. The van der Waals surface area contributed by atoms with Gasteiger partial charge in [0.05, 0.1) is 6.61 Å². The first-order chi connectivity index (χ1) is 10.3. The number of rotatable bonds is 5. The first kappa shape index (κ1) is 14.2. The summed E-state index contributed by atoms with van der Waals surface area (Å²) in [4.78, 5) is 6.65. The number of methoxy groups -OCH3 is 1. The molecular formula is C15H19N3O3. The summed E-state index contributed by atoms with van der Waals surface area (Å²) in [5, 5.41) is 3.88. The monoisotopic (exact) mass is 289 g/mol. The van der Waals surface area contributed by atoms with Gasteiger partial charge in [-0.1, -0.05) is 35.5 Å². The normalized spacial score (nSPS) is 19.8. The Kier molecular flexibility index (Phi) is 4.59. The fourth-order valence-corrected chi connectivity index (χ4v) is 2.42. The quantitative estimate of drug-likeness (QED) is 0.836. The third-order valence-corrected chi connectivity index (χ3v) is 3.43. The Balaban J connectivity index is 1.62. The lowest BCUT2D eigenvalue weighted by Gasteiger charge is -2.31. The van der Waals surface area contributed by atoms with Crippen molar-refractivity contribution in [2.45, 2.75) is 19.3 Å². The predicted octanol–water partition coefficient (Wildman–Crippen LogP) is 1.79. The molecule has 1 aliphatic heterocycles. The SMILES string of the molecule is COCc1noc([C@@H]2CN(Cc3ccccc3)CCO2)n1. The standard InChI is InChI=1S/C15H19N3O3/c1-19-11-14-16-15(21-17-14)13-10-18(7-8-20-13)9-12-5-3-2-4-6-12/h2-6,13H,7-11H2,1H3/t13-/m0/s1. The molecule has 2 heterocycles. The van der Waals surface area contributed by atoms with E-state index >= 15 is 0 Å². The molecule has 3 rings (SSSR count). The van der Waals surface area contributed by atoms with Gasteiger partial charge in [0.25, 0.3) is 5.89 Å². The number of aromatic nitrogens is 2. The van der Waals surface area contributed by atoms with Gasteiger partial charge in [0.2, 0.25) is 0 Å². The molecule has 2 aromatic rings. The van der Waals surface area contributed by atoms with Crippen LogP contribution in [0.3, 0.4) is 0 Å². The van der Waals surface area contributed by atoms with Crippen LogP contribution in [0.4, 0.5) is 0 Å². The number of ether oxygens (including phenoxy) is 2. The smallest absolute Gasteiger partial charge is 0.257 e. The summed E-state index contributed by atoms with van der Waals surface area (Å²) in [5.41, 5.74) is 1.30. The molecular weight excluding hydrogens is 270 g/mol. The predicted molar refractivity (Wildman–Crippen MR) is 75.4 cm³/mol. The van der Waals surface area contributed by atoms with Crippen molar-refractivity contribution >= 4 is 0 Å². The van der Waals surface area contributed by atoms with Gasteiger partial charge in [0.15, 0.2) is 5.82 Å². The van der Waals surface area contributed by atoms with Gasteiger partial charge in [0.1, 0.15) is 12.7 Å². The molecule has 0 bridgehead atoms. The molecule has 1 aliphatic rings. The molecule has 0 N–H and O–H groups in total. The molecule has 6 heteroatoms. The number of benzene rings is 1. The lowest BCUT2D eigenvalue weighted by Crippen LogP contribution is -2.37. The minimum absolute atomic E-state index is 0.166. The van der Waals surface area contributed by atoms with Gasteiger partial charge in [0, 0.05) is 26.7 Å². The molecule has 0 amide bonds. The van der Waals surface area contributed by atoms with E-state index in [-0.39, 0.29) is 6.10 Å². The highest BCUT2D eigenvalue weighted by Gasteiger charge is 2.26. The van der Waals surface area contributed by atoms with Crippen molar-refractivity contribution in [3.63, 3.8) is 0 Å². The molecule has 6 nitrogen and oxygen atoms in total.